The summed E-state index contributed by atoms with van der Waals surface area (Å²) in [5.74, 6) is -0.235. The number of benzene rings is 2. The Morgan fingerprint density at radius 1 is 1.13 bits per heavy atom. The van der Waals surface area contributed by atoms with Gasteiger partial charge in [-0.15, -0.1) is 0 Å². The Labute approximate surface area is 173 Å². The van der Waals surface area contributed by atoms with Crippen LogP contribution in [0.1, 0.15) is 28.9 Å². The number of nitrogens with one attached hydrogen (secondary N) is 2. The zero-order valence-electron chi connectivity index (χ0n) is 17.1. The average molecular weight is 417 g/mol. The molecule has 0 radical (unpaired) electrons. The molecule has 2 aromatic carbocycles. The second kappa shape index (κ2) is 10.1. The van der Waals surface area contributed by atoms with Gasteiger partial charge in [0.1, 0.15) is 11.5 Å². The standard InChI is InChI=1S/C20H23N3O7/c1-12(15-10-14(28-3)6-8-18(15)29-4)22-19(24)11-30-20(25)16-9-13(23(26)27)5-7-17(16)21-2/h5-10,12,21H,11H2,1-4H3,(H,22,24)/t12-/m0/s1. The number of nitro groups is 1. The van der Waals surface area contributed by atoms with Crippen LogP contribution in [0.4, 0.5) is 11.4 Å². The predicted octanol–water partition coefficient (Wildman–Crippen LogP) is 2.69. The number of rotatable bonds is 9. The normalized spacial score (nSPS) is 11.2. The SMILES string of the molecule is CNc1ccc([N+](=O)[O-])cc1C(=O)OCC(=O)N[C@@H](C)c1cc(OC)ccc1OC. The molecule has 0 spiro atoms. The number of amides is 1. The molecule has 10 nitrogen and oxygen atoms in total. The summed E-state index contributed by atoms with van der Waals surface area (Å²) in [5, 5.41) is 16.4. The number of esters is 1. The van der Waals surface area contributed by atoms with Crippen LogP contribution in [0, 0.1) is 10.1 Å². The predicted molar refractivity (Wildman–Crippen MR) is 109 cm³/mol. The van der Waals surface area contributed by atoms with Crippen LogP contribution in [0.2, 0.25) is 0 Å². The van der Waals surface area contributed by atoms with Gasteiger partial charge in [-0.3, -0.25) is 14.9 Å². The average Bonchev–Trinajstić information content (AvgIpc) is 2.76. The van der Waals surface area contributed by atoms with Crippen molar-refractivity contribution in [1.29, 1.82) is 0 Å². The van der Waals surface area contributed by atoms with E-state index in [0.29, 0.717) is 22.7 Å². The number of carbonyl (C=O) groups excluding carboxylic acids is 2. The highest BCUT2D eigenvalue weighted by Crippen LogP contribution is 2.29. The molecule has 0 aliphatic carbocycles. The molecule has 2 aromatic rings. The van der Waals surface area contributed by atoms with Crippen molar-refractivity contribution in [3.63, 3.8) is 0 Å². The van der Waals surface area contributed by atoms with E-state index in [9.17, 15) is 19.7 Å². The van der Waals surface area contributed by atoms with Crippen molar-refractivity contribution in [3.8, 4) is 11.5 Å². The van der Waals surface area contributed by atoms with Crippen molar-refractivity contribution in [2.24, 2.45) is 0 Å². The molecule has 30 heavy (non-hydrogen) atoms. The lowest BCUT2D eigenvalue weighted by atomic mass is 10.1. The third kappa shape index (κ3) is 5.37. The van der Waals surface area contributed by atoms with Crippen LogP contribution in [0.15, 0.2) is 36.4 Å². The summed E-state index contributed by atoms with van der Waals surface area (Å²) in [6.45, 7) is 1.19. The minimum absolute atomic E-state index is 0.0398. The number of hydrogen-bond donors (Lipinski definition) is 2. The van der Waals surface area contributed by atoms with E-state index in [-0.39, 0.29) is 11.3 Å². The van der Waals surface area contributed by atoms with Crippen LogP contribution < -0.4 is 20.1 Å². The third-order valence-electron chi connectivity index (χ3n) is 4.32. The second-order valence-electron chi connectivity index (χ2n) is 6.21. The molecule has 0 unspecified atom stereocenters. The summed E-state index contributed by atoms with van der Waals surface area (Å²) in [4.78, 5) is 34.9. The van der Waals surface area contributed by atoms with E-state index in [1.165, 1.54) is 26.4 Å². The molecule has 160 valence electrons. The number of anilines is 1. The molecule has 0 aliphatic heterocycles. The fourth-order valence-corrected chi connectivity index (χ4v) is 2.78. The monoisotopic (exact) mass is 417 g/mol. The van der Waals surface area contributed by atoms with E-state index < -0.39 is 29.4 Å². The maximum Gasteiger partial charge on any atom is 0.341 e. The number of non-ortho nitro benzene ring substituents is 1. The molecule has 2 rings (SSSR count). The first-order chi connectivity index (χ1) is 14.3. The zero-order chi connectivity index (χ0) is 22.3. The number of ether oxygens (including phenoxy) is 3. The lowest BCUT2D eigenvalue weighted by molar-refractivity contribution is -0.384. The zero-order valence-corrected chi connectivity index (χ0v) is 17.1. The van der Waals surface area contributed by atoms with Crippen molar-refractivity contribution in [3.05, 3.63) is 57.6 Å². The van der Waals surface area contributed by atoms with Gasteiger partial charge in [0.05, 0.1) is 30.7 Å². The summed E-state index contributed by atoms with van der Waals surface area (Å²) in [6, 6.07) is 8.49. The maximum absolute atomic E-state index is 12.3. The van der Waals surface area contributed by atoms with Crippen molar-refractivity contribution < 1.29 is 28.7 Å². The van der Waals surface area contributed by atoms with Gasteiger partial charge in [0, 0.05) is 30.4 Å². The molecule has 2 N–H and O–H groups in total. The largest absolute Gasteiger partial charge is 0.497 e. The molecule has 0 bridgehead atoms. The van der Waals surface area contributed by atoms with Gasteiger partial charge in [0.25, 0.3) is 11.6 Å². The van der Waals surface area contributed by atoms with E-state index >= 15 is 0 Å². The van der Waals surface area contributed by atoms with Gasteiger partial charge in [-0.1, -0.05) is 0 Å². The Bertz CT molecular complexity index is 946. The fourth-order valence-electron chi connectivity index (χ4n) is 2.78. The van der Waals surface area contributed by atoms with Crippen LogP contribution in [0.3, 0.4) is 0 Å². The lowest BCUT2D eigenvalue weighted by Crippen LogP contribution is -2.31. The Hall–Kier alpha value is -3.82. The van der Waals surface area contributed by atoms with Crippen molar-refractivity contribution >= 4 is 23.3 Å². The second-order valence-corrected chi connectivity index (χ2v) is 6.21. The van der Waals surface area contributed by atoms with Gasteiger partial charge in [-0.2, -0.15) is 0 Å². The first-order valence-electron chi connectivity index (χ1n) is 8.95. The first-order valence-corrected chi connectivity index (χ1v) is 8.95. The van der Waals surface area contributed by atoms with E-state index in [0.717, 1.165) is 6.07 Å². The van der Waals surface area contributed by atoms with Crippen LogP contribution in [-0.2, 0) is 9.53 Å². The van der Waals surface area contributed by atoms with Gasteiger partial charge in [0.2, 0.25) is 0 Å². The van der Waals surface area contributed by atoms with Crippen LogP contribution >= 0.6 is 0 Å². The maximum atomic E-state index is 12.3. The molecule has 10 heteroatoms. The summed E-state index contributed by atoms with van der Waals surface area (Å²) >= 11 is 0. The van der Waals surface area contributed by atoms with Gasteiger partial charge >= 0.3 is 5.97 Å². The highest BCUT2D eigenvalue weighted by Gasteiger charge is 2.20. The molecule has 0 aliphatic rings. The molecule has 0 heterocycles. The van der Waals surface area contributed by atoms with E-state index in [1.807, 2.05) is 0 Å². The summed E-state index contributed by atoms with van der Waals surface area (Å²) in [5.41, 5.74) is 0.735. The molecule has 1 atom stereocenters. The Morgan fingerprint density at radius 3 is 2.47 bits per heavy atom. The Kier molecular flexibility index (Phi) is 7.56. The molecule has 0 fully saturated rings. The fraction of sp³-hybridized carbons (Fsp3) is 0.300. The van der Waals surface area contributed by atoms with E-state index in [2.05, 4.69) is 10.6 Å². The van der Waals surface area contributed by atoms with E-state index in [4.69, 9.17) is 14.2 Å². The van der Waals surface area contributed by atoms with Crippen LogP contribution in [0.5, 0.6) is 11.5 Å². The minimum atomic E-state index is -0.857. The van der Waals surface area contributed by atoms with Gasteiger partial charge in [0.15, 0.2) is 6.61 Å². The molecule has 0 aromatic heterocycles. The van der Waals surface area contributed by atoms with Gasteiger partial charge < -0.3 is 24.8 Å². The number of methoxy groups -OCH3 is 2. The number of nitro benzene ring substituents is 1. The molecular formula is C20H23N3O7. The van der Waals surface area contributed by atoms with Gasteiger partial charge in [-0.25, -0.2) is 4.79 Å². The molecule has 1 amide bonds. The highest BCUT2D eigenvalue weighted by molar-refractivity contribution is 5.97. The number of carbonyl (C=O) groups is 2. The van der Waals surface area contributed by atoms with Gasteiger partial charge in [-0.05, 0) is 31.2 Å². The summed E-state index contributed by atoms with van der Waals surface area (Å²) in [6.07, 6.45) is 0. The molecule has 0 saturated heterocycles. The van der Waals surface area contributed by atoms with Crippen LogP contribution in [0.25, 0.3) is 0 Å². The third-order valence-corrected chi connectivity index (χ3v) is 4.32. The smallest absolute Gasteiger partial charge is 0.341 e. The Morgan fingerprint density at radius 2 is 1.87 bits per heavy atom. The van der Waals surface area contributed by atoms with Crippen molar-refractivity contribution in [1.82, 2.24) is 5.32 Å². The number of hydrogen-bond acceptors (Lipinski definition) is 8. The molecular weight excluding hydrogens is 394 g/mol. The topological polar surface area (TPSA) is 129 Å². The molecule has 0 saturated carbocycles. The summed E-state index contributed by atoms with van der Waals surface area (Å²) < 4.78 is 15.5. The van der Waals surface area contributed by atoms with E-state index in [1.54, 1.807) is 32.2 Å². The highest BCUT2D eigenvalue weighted by atomic mass is 16.6. The first kappa shape index (κ1) is 22.5. The quantitative estimate of drug-likeness (QED) is 0.362. The lowest BCUT2D eigenvalue weighted by Gasteiger charge is -2.18. The van der Waals surface area contributed by atoms with Crippen molar-refractivity contribution in [2.75, 3.05) is 33.2 Å². The number of nitrogens with zero attached hydrogens (tertiary/aromatic N) is 1. The summed E-state index contributed by atoms with van der Waals surface area (Å²) in [7, 11) is 4.61. The Balaban J connectivity index is 2.05. The minimum Gasteiger partial charge on any atom is -0.497 e. The van der Waals surface area contributed by atoms with Crippen molar-refractivity contribution in [2.45, 2.75) is 13.0 Å². The van der Waals surface area contributed by atoms with Crippen LogP contribution in [-0.4, -0.2) is 44.7 Å².